The lowest BCUT2D eigenvalue weighted by atomic mass is 10.0. The maximum atomic E-state index is 5.64. The molecule has 0 N–H and O–H groups in total. The number of pyridine rings is 1. The van der Waals surface area contributed by atoms with E-state index >= 15 is 0 Å². The van der Waals surface area contributed by atoms with E-state index in [1.54, 1.807) is 0 Å². The van der Waals surface area contributed by atoms with E-state index in [1.165, 1.54) is 12.8 Å². The Morgan fingerprint density at radius 3 is 2.53 bits per heavy atom. The SMILES string of the molecule is Cc1nnn(C)c1-c1cnc2c3cnc(N4CCN(C5CC5)CC4)nc3n(CC3CCOCC3)c2c1. The molecule has 10 heteroatoms. The minimum atomic E-state index is 0.557. The molecule has 3 fully saturated rings. The van der Waals surface area contributed by atoms with Gasteiger partial charge in [0.25, 0.3) is 0 Å². The molecule has 4 aromatic rings. The summed E-state index contributed by atoms with van der Waals surface area (Å²) < 4.78 is 9.84. The minimum Gasteiger partial charge on any atom is -0.381 e. The number of aryl methyl sites for hydroxylation is 2. The summed E-state index contributed by atoms with van der Waals surface area (Å²) >= 11 is 0. The summed E-state index contributed by atoms with van der Waals surface area (Å²) in [6.45, 7) is 8.72. The average Bonchev–Trinajstić information content (AvgIpc) is 3.66. The molecule has 0 amide bonds. The molecule has 0 spiro atoms. The van der Waals surface area contributed by atoms with Gasteiger partial charge in [-0.05, 0) is 44.6 Å². The fourth-order valence-electron chi connectivity index (χ4n) is 5.95. The van der Waals surface area contributed by atoms with Gasteiger partial charge in [-0.3, -0.25) is 9.88 Å². The molecule has 0 unspecified atom stereocenters. The highest BCUT2D eigenvalue weighted by Gasteiger charge is 2.32. The Kier molecular flexibility index (Phi) is 5.39. The van der Waals surface area contributed by atoms with Gasteiger partial charge in [-0.25, -0.2) is 9.67 Å². The van der Waals surface area contributed by atoms with Crippen molar-refractivity contribution in [1.29, 1.82) is 0 Å². The van der Waals surface area contributed by atoms with E-state index in [0.29, 0.717) is 5.92 Å². The molecule has 3 aliphatic rings. The van der Waals surface area contributed by atoms with Gasteiger partial charge in [0.1, 0.15) is 5.65 Å². The number of nitrogens with zero attached hydrogens (tertiary/aromatic N) is 9. The summed E-state index contributed by atoms with van der Waals surface area (Å²) in [4.78, 5) is 19.9. The van der Waals surface area contributed by atoms with Gasteiger partial charge in [-0.15, -0.1) is 5.10 Å². The van der Waals surface area contributed by atoms with Crippen LogP contribution in [0.2, 0.25) is 0 Å². The number of aromatic nitrogens is 7. The second kappa shape index (κ2) is 8.77. The molecule has 1 saturated carbocycles. The predicted octanol–water partition coefficient (Wildman–Crippen LogP) is 2.79. The van der Waals surface area contributed by atoms with Crippen LogP contribution in [0, 0.1) is 12.8 Å². The highest BCUT2D eigenvalue weighted by molar-refractivity contribution is 6.05. The zero-order valence-corrected chi connectivity index (χ0v) is 21.1. The second-order valence-electron chi connectivity index (χ2n) is 10.6. The molecular weight excluding hydrogens is 454 g/mol. The zero-order chi connectivity index (χ0) is 24.2. The Morgan fingerprint density at radius 1 is 1.00 bits per heavy atom. The number of hydrogen-bond acceptors (Lipinski definition) is 8. The van der Waals surface area contributed by atoms with Crippen LogP contribution in [0.15, 0.2) is 18.5 Å². The maximum absolute atomic E-state index is 5.64. The van der Waals surface area contributed by atoms with Gasteiger partial charge in [-0.1, -0.05) is 5.21 Å². The first-order chi connectivity index (χ1) is 17.7. The van der Waals surface area contributed by atoms with Crippen LogP contribution in [-0.4, -0.2) is 84.8 Å². The third-order valence-corrected chi connectivity index (χ3v) is 8.14. The number of fused-ring (bicyclic) bond motifs is 3. The zero-order valence-electron chi connectivity index (χ0n) is 21.1. The number of anilines is 1. The van der Waals surface area contributed by atoms with E-state index in [-0.39, 0.29) is 0 Å². The van der Waals surface area contributed by atoms with Gasteiger partial charge in [0.2, 0.25) is 5.95 Å². The molecule has 188 valence electrons. The van der Waals surface area contributed by atoms with E-state index < -0.39 is 0 Å². The molecule has 0 atom stereocenters. The maximum Gasteiger partial charge on any atom is 0.227 e. The van der Waals surface area contributed by atoms with Crippen molar-refractivity contribution in [2.24, 2.45) is 13.0 Å². The number of hydrogen-bond donors (Lipinski definition) is 0. The summed E-state index contributed by atoms with van der Waals surface area (Å²) in [5.41, 5.74) is 5.95. The number of ether oxygens (including phenoxy) is 1. The molecule has 1 aliphatic carbocycles. The van der Waals surface area contributed by atoms with Crippen molar-refractivity contribution in [3.05, 3.63) is 24.2 Å². The van der Waals surface area contributed by atoms with Crippen molar-refractivity contribution < 1.29 is 4.74 Å². The summed E-state index contributed by atoms with van der Waals surface area (Å²) in [5, 5.41) is 9.47. The lowest BCUT2D eigenvalue weighted by Crippen LogP contribution is -2.47. The molecule has 10 nitrogen and oxygen atoms in total. The van der Waals surface area contributed by atoms with Crippen molar-refractivity contribution in [2.75, 3.05) is 44.3 Å². The fourth-order valence-corrected chi connectivity index (χ4v) is 5.95. The predicted molar refractivity (Wildman–Crippen MR) is 138 cm³/mol. The molecule has 0 bridgehead atoms. The van der Waals surface area contributed by atoms with Crippen LogP contribution in [-0.2, 0) is 18.3 Å². The van der Waals surface area contributed by atoms with Crippen molar-refractivity contribution in [3.8, 4) is 11.3 Å². The fraction of sp³-hybridized carbons (Fsp3) is 0.577. The highest BCUT2D eigenvalue weighted by atomic mass is 16.5. The third kappa shape index (κ3) is 3.83. The van der Waals surface area contributed by atoms with Crippen LogP contribution in [0.5, 0.6) is 0 Å². The monoisotopic (exact) mass is 487 g/mol. The van der Waals surface area contributed by atoms with E-state index in [4.69, 9.17) is 19.7 Å². The van der Waals surface area contributed by atoms with Crippen molar-refractivity contribution in [3.63, 3.8) is 0 Å². The number of piperazine rings is 1. The van der Waals surface area contributed by atoms with Crippen LogP contribution >= 0.6 is 0 Å². The molecule has 2 saturated heterocycles. The summed E-state index contributed by atoms with van der Waals surface area (Å²) in [7, 11) is 1.93. The van der Waals surface area contributed by atoms with Gasteiger partial charge in [0, 0.05) is 77.0 Å². The Labute approximate surface area is 210 Å². The summed E-state index contributed by atoms with van der Waals surface area (Å²) in [6, 6.07) is 3.04. The molecular formula is C26H33N9O. The highest BCUT2D eigenvalue weighted by Crippen LogP contribution is 2.33. The summed E-state index contributed by atoms with van der Waals surface area (Å²) in [5.74, 6) is 1.39. The Hall–Kier alpha value is -3.11. The van der Waals surface area contributed by atoms with Crippen molar-refractivity contribution in [2.45, 2.75) is 45.2 Å². The molecule has 4 aromatic heterocycles. The molecule has 7 rings (SSSR count). The van der Waals surface area contributed by atoms with Gasteiger partial charge in [-0.2, -0.15) is 4.98 Å². The minimum absolute atomic E-state index is 0.557. The topological polar surface area (TPSA) is 90.0 Å². The van der Waals surface area contributed by atoms with Crippen LogP contribution in [0.1, 0.15) is 31.4 Å². The van der Waals surface area contributed by atoms with Crippen LogP contribution in [0.4, 0.5) is 5.95 Å². The van der Waals surface area contributed by atoms with E-state index in [0.717, 1.165) is 110 Å². The van der Waals surface area contributed by atoms with Crippen LogP contribution in [0.25, 0.3) is 33.3 Å². The standard InChI is InChI=1S/C26H33N9O/c1-17-24(32(2)31-30-17)19-13-22-23(27-14-19)21-15-28-26(34-9-7-33(8-10-34)20-3-4-20)29-25(21)35(22)16-18-5-11-36-12-6-18/h13-15,18,20H,3-12,16H2,1-2H3. The Bertz CT molecular complexity index is 1390. The van der Waals surface area contributed by atoms with E-state index in [1.807, 2.05) is 31.0 Å². The Balaban J connectivity index is 1.31. The van der Waals surface area contributed by atoms with Gasteiger partial charge in [0.05, 0.1) is 27.8 Å². The molecule has 36 heavy (non-hydrogen) atoms. The van der Waals surface area contributed by atoms with Crippen LogP contribution in [0.3, 0.4) is 0 Å². The van der Waals surface area contributed by atoms with Gasteiger partial charge < -0.3 is 14.2 Å². The normalized spacial score (nSPS) is 20.1. The van der Waals surface area contributed by atoms with Gasteiger partial charge in [0.15, 0.2) is 0 Å². The largest absolute Gasteiger partial charge is 0.381 e. The van der Waals surface area contributed by atoms with E-state index in [9.17, 15) is 0 Å². The first kappa shape index (κ1) is 22.1. The third-order valence-electron chi connectivity index (χ3n) is 8.14. The second-order valence-corrected chi connectivity index (χ2v) is 10.6. The smallest absolute Gasteiger partial charge is 0.227 e. The molecule has 0 aromatic carbocycles. The lowest BCUT2D eigenvalue weighted by molar-refractivity contribution is 0.0619. The first-order valence-corrected chi connectivity index (χ1v) is 13.2. The Morgan fingerprint density at radius 2 is 1.81 bits per heavy atom. The molecule has 0 radical (unpaired) electrons. The summed E-state index contributed by atoms with van der Waals surface area (Å²) in [6.07, 6.45) is 8.77. The molecule has 2 aliphatic heterocycles. The quantitative estimate of drug-likeness (QED) is 0.425. The van der Waals surface area contributed by atoms with Crippen molar-refractivity contribution in [1.82, 2.24) is 39.4 Å². The van der Waals surface area contributed by atoms with Gasteiger partial charge >= 0.3 is 0 Å². The van der Waals surface area contributed by atoms with Crippen LogP contribution < -0.4 is 4.90 Å². The lowest BCUT2D eigenvalue weighted by Gasteiger charge is -2.34. The van der Waals surface area contributed by atoms with Crippen molar-refractivity contribution >= 4 is 28.0 Å². The molecule has 6 heterocycles. The average molecular weight is 488 g/mol. The first-order valence-electron chi connectivity index (χ1n) is 13.2. The number of rotatable bonds is 5. The van der Waals surface area contributed by atoms with E-state index in [2.05, 4.69) is 30.7 Å².